The lowest BCUT2D eigenvalue weighted by Gasteiger charge is -2.37. The van der Waals surface area contributed by atoms with Crippen LogP contribution in [0, 0.1) is 5.92 Å². The molecule has 0 aromatic heterocycles. The van der Waals surface area contributed by atoms with Crippen LogP contribution in [-0.4, -0.2) is 35.2 Å². The molecular formula is C26H31NO5. The summed E-state index contributed by atoms with van der Waals surface area (Å²) in [7, 11) is 0. The number of aromatic hydroxyl groups is 1. The highest BCUT2D eigenvalue weighted by Gasteiger charge is 2.39. The molecule has 1 aliphatic heterocycles. The first-order chi connectivity index (χ1) is 15.3. The van der Waals surface area contributed by atoms with Crippen LogP contribution in [0.1, 0.15) is 62.4 Å². The minimum atomic E-state index is -0.536. The minimum Gasteiger partial charge on any atom is -0.507 e. The maximum Gasteiger partial charge on any atom is 0.214 e. The van der Waals surface area contributed by atoms with Gasteiger partial charge in [0.05, 0.1) is 17.4 Å². The molecule has 0 saturated carbocycles. The molecule has 0 radical (unpaired) electrons. The number of benzene rings is 2. The zero-order chi connectivity index (χ0) is 23.3. The quantitative estimate of drug-likeness (QED) is 0.544. The fraction of sp³-hybridized carbons (Fsp3) is 0.423. The number of rotatable bonds is 10. The Morgan fingerprint density at radius 2 is 1.97 bits per heavy atom. The van der Waals surface area contributed by atoms with Gasteiger partial charge in [0.15, 0.2) is 5.78 Å². The highest BCUT2D eigenvalue weighted by Crippen LogP contribution is 2.42. The van der Waals surface area contributed by atoms with Crippen molar-refractivity contribution in [3.63, 3.8) is 0 Å². The Kier molecular flexibility index (Phi) is 7.67. The predicted octanol–water partition coefficient (Wildman–Crippen LogP) is 4.72. The maximum absolute atomic E-state index is 13.1. The van der Waals surface area contributed by atoms with E-state index in [1.165, 1.54) is 23.5 Å². The van der Waals surface area contributed by atoms with E-state index in [0.717, 1.165) is 19.3 Å². The van der Waals surface area contributed by atoms with Crippen molar-refractivity contribution in [1.82, 2.24) is 0 Å². The molecule has 0 fully saturated rings. The second-order valence-corrected chi connectivity index (χ2v) is 8.61. The topological polar surface area (TPSA) is 83.9 Å². The number of carbonyl (C=O) groups is 3. The molecule has 2 aromatic rings. The Morgan fingerprint density at radius 1 is 1.25 bits per heavy atom. The number of phenols is 1. The summed E-state index contributed by atoms with van der Waals surface area (Å²) >= 11 is 0. The van der Waals surface area contributed by atoms with Crippen molar-refractivity contribution < 1.29 is 24.2 Å². The Morgan fingerprint density at radius 3 is 2.62 bits per heavy atom. The standard InChI is InChI=1S/C26H31NO5/c1-17(29)12-13-22-19(3)27(16-28)23-14-21(15-24(30)25(23)26(22)31)32-18(2)8-7-11-20-9-5-4-6-10-20/h4-6,9-10,14-16,18-19,22,30H,7-8,11-13H2,1-3H3/t18-,19+,22-/m0/s1. The molecule has 0 unspecified atom stereocenters. The molecule has 3 rings (SSSR count). The van der Waals surface area contributed by atoms with Crippen LogP contribution in [0.4, 0.5) is 5.69 Å². The average molecular weight is 438 g/mol. The molecule has 3 atom stereocenters. The molecule has 1 heterocycles. The number of anilines is 1. The molecule has 0 bridgehead atoms. The monoisotopic (exact) mass is 437 g/mol. The van der Waals surface area contributed by atoms with Gasteiger partial charge in [0.2, 0.25) is 6.41 Å². The first-order valence-electron chi connectivity index (χ1n) is 11.2. The lowest BCUT2D eigenvalue weighted by molar-refractivity contribution is -0.117. The van der Waals surface area contributed by atoms with Crippen molar-refractivity contribution in [3.05, 3.63) is 53.6 Å². The Balaban J connectivity index is 1.73. The van der Waals surface area contributed by atoms with Crippen molar-refractivity contribution in [1.29, 1.82) is 0 Å². The summed E-state index contributed by atoms with van der Waals surface area (Å²) in [5, 5.41) is 10.6. The average Bonchev–Trinajstić information content (AvgIpc) is 2.74. The number of nitrogens with zero attached hydrogens (tertiary/aromatic N) is 1. The Hall–Kier alpha value is -3.15. The van der Waals surface area contributed by atoms with Crippen LogP contribution in [0.5, 0.6) is 11.5 Å². The minimum absolute atomic E-state index is 0.0114. The van der Waals surface area contributed by atoms with Crippen molar-refractivity contribution in [3.8, 4) is 11.5 Å². The number of ketones is 2. The highest BCUT2D eigenvalue weighted by molar-refractivity contribution is 6.10. The number of amides is 1. The van der Waals surface area contributed by atoms with Gasteiger partial charge in [-0.25, -0.2) is 0 Å². The van der Waals surface area contributed by atoms with Crippen LogP contribution in [0.2, 0.25) is 0 Å². The molecule has 0 saturated heterocycles. The molecule has 0 aliphatic carbocycles. The van der Waals surface area contributed by atoms with Gasteiger partial charge in [0, 0.05) is 30.5 Å². The van der Waals surface area contributed by atoms with Crippen molar-refractivity contribution in [2.75, 3.05) is 4.90 Å². The normalized spacial score (nSPS) is 18.7. The highest BCUT2D eigenvalue weighted by atomic mass is 16.5. The van der Waals surface area contributed by atoms with Crippen molar-refractivity contribution >= 4 is 23.7 Å². The van der Waals surface area contributed by atoms with E-state index >= 15 is 0 Å². The van der Waals surface area contributed by atoms with Crippen LogP contribution in [0.15, 0.2) is 42.5 Å². The fourth-order valence-electron chi connectivity index (χ4n) is 4.34. The largest absolute Gasteiger partial charge is 0.507 e. The molecule has 6 heteroatoms. The summed E-state index contributed by atoms with van der Waals surface area (Å²) in [6.45, 7) is 5.23. The van der Waals surface area contributed by atoms with Gasteiger partial charge in [0.1, 0.15) is 17.3 Å². The summed E-state index contributed by atoms with van der Waals surface area (Å²) in [6.07, 6.45) is 3.91. The van der Waals surface area contributed by atoms with Crippen LogP contribution in [0.3, 0.4) is 0 Å². The van der Waals surface area contributed by atoms with Gasteiger partial charge in [-0.05, 0) is 52.0 Å². The predicted molar refractivity (Wildman–Crippen MR) is 123 cm³/mol. The van der Waals surface area contributed by atoms with Gasteiger partial charge in [0.25, 0.3) is 0 Å². The van der Waals surface area contributed by atoms with E-state index in [2.05, 4.69) is 12.1 Å². The molecule has 6 nitrogen and oxygen atoms in total. The van der Waals surface area contributed by atoms with E-state index in [4.69, 9.17) is 4.74 Å². The number of aryl methyl sites for hydroxylation is 1. The molecule has 1 amide bonds. The first kappa shape index (κ1) is 23.5. The number of hydrogen-bond donors (Lipinski definition) is 1. The van der Waals surface area contributed by atoms with Crippen molar-refractivity contribution in [2.24, 2.45) is 5.92 Å². The third-order valence-corrected chi connectivity index (χ3v) is 6.13. The molecule has 0 spiro atoms. The van der Waals surface area contributed by atoms with Gasteiger partial charge in [-0.1, -0.05) is 30.3 Å². The molecule has 2 aromatic carbocycles. The van der Waals surface area contributed by atoms with Gasteiger partial charge in [-0.3, -0.25) is 9.59 Å². The zero-order valence-corrected chi connectivity index (χ0v) is 18.9. The maximum atomic E-state index is 13.1. The zero-order valence-electron chi connectivity index (χ0n) is 18.9. The summed E-state index contributed by atoms with van der Waals surface area (Å²) in [4.78, 5) is 37.8. The second-order valence-electron chi connectivity index (χ2n) is 8.61. The van der Waals surface area contributed by atoms with Crippen LogP contribution in [0.25, 0.3) is 0 Å². The van der Waals surface area contributed by atoms with E-state index in [-0.39, 0.29) is 35.4 Å². The van der Waals surface area contributed by atoms with Crippen molar-refractivity contribution in [2.45, 2.75) is 65.0 Å². The first-order valence-corrected chi connectivity index (χ1v) is 11.2. The third kappa shape index (κ3) is 5.36. The van der Waals surface area contributed by atoms with E-state index in [1.54, 1.807) is 13.0 Å². The summed E-state index contributed by atoms with van der Waals surface area (Å²) < 4.78 is 6.01. The molecule has 32 heavy (non-hydrogen) atoms. The summed E-state index contributed by atoms with van der Waals surface area (Å²) in [5.41, 5.74) is 1.75. The second kappa shape index (κ2) is 10.4. The van der Waals surface area contributed by atoms with Crippen LogP contribution in [-0.2, 0) is 16.0 Å². The Labute approximate surface area is 189 Å². The number of hydrogen-bond acceptors (Lipinski definition) is 5. The molecule has 170 valence electrons. The van der Waals surface area contributed by atoms with Gasteiger partial charge in [-0.15, -0.1) is 0 Å². The van der Waals surface area contributed by atoms with E-state index in [9.17, 15) is 19.5 Å². The number of Topliss-reactive ketones (excluding diaryl/α,β-unsaturated/α-hetero) is 2. The smallest absolute Gasteiger partial charge is 0.214 e. The fourth-order valence-corrected chi connectivity index (χ4v) is 4.34. The molecular weight excluding hydrogens is 406 g/mol. The summed E-state index contributed by atoms with van der Waals surface area (Å²) in [6, 6.07) is 12.9. The van der Waals surface area contributed by atoms with E-state index in [0.29, 0.717) is 24.3 Å². The van der Waals surface area contributed by atoms with E-state index in [1.807, 2.05) is 25.1 Å². The molecule has 1 aliphatic rings. The lowest BCUT2D eigenvalue weighted by Crippen LogP contribution is -2.46. The number of ether oxygens (including phenoxy) is 1. The number of phenolic OH excluding ortho intramolecular Hbond substituents is 1. The van der Waals surface area contributed by atoms with Gasteiger partial charge < -0.3 is 19.5 Å². The van der Waals surface area contributed by atoms with Gasteiger partial charge in [-0.2, -0.15) is 0 Å². The van der Waals surface area contributed by atoms with Crippen LogP contribution >= 0.6 is 0 Å². The summed E-state index contributed by atoms with van der Waals surface area (Å²) in [5.74, 6) is -0.575. The third-order valence-electron chi connectivity index (χ3n) is 6.13. The number of fused-ring (bicyclic) bond motifs is 1. The van der Waals surface area contributed by atoms with Gasteiger partial charge >= 0.3 is 0 Å². The van der Waals surface area contributed by atoms with Crippen LogP contribution < -0.4 is 9.64 Å². The van der Waals surface area contributed by atoms with E-state index < -0.39 is 12.0 Å². The SMILES string of the molecule is CC(=O)CC[C@@H]1C(=O)c2c(O)cc(O[C@@H](C)CCCc3ccccc3)cc2N(C=O)[C@@H]1C. The number of carbonyl (C=O) groups excluding carboxylic acids is 3. The Bertz CT molecular complexity index is 972. The molecule has 1 N–H and O–H groups in total. The lowest BCUT2D eigenvalue weighted by atomic mass is 9.81.